The Balaban J connectivity index is 1.33. The van der Waals surface area contributed by atoms with Crippen molar-refractivity contribution in [1.29, 1.82) is 0 Å². The Labute approximate surface area is 212 Å². The van der Waals surface area contributed by atoms with Crippen molar-refractivity contribution in [2.45, 2.75) is 30.8 Å². The standard InChI is InChI=1S/C30H31N3O3/c1-36-26-12-8-23(9-13-26)5-4-22-6-10-24(11-7-22)29-27-20-32(30(35)25-14-16-31-17-15-25)18-2-3-19-33(27)28(29)21-34/h6-17,27-29,34H,2-3,18-21H2,1H3/t27-,28-,29-/m0/s1. The summed E-state index contributed by atoms with van der Waals surface area (Å²) < 4.78 is 5.20. The Morgan fingerprint density at radius 3 is 2.25 bits per heavy atom. The molecule has 6 heteroatoms. The van der Waals surface area contributed by atoms with Crippen molar-refractivity contribution in [2.24, 2.45) is 0 Å². The molecule has 3 aromatic rings. The van der Waals surface area contributed by atoms with Gasteiger partial charge < -0.3 is 14.7 Å². The first kappa shape index (κ1) is 24.1. The minimum absolute atomic E-state index is 0.0506. The number of hydrogen-bond donors (Lipinski definition) is 1. The Hall–Kier alpha value is -3.66. The number of ether oxygens (including phenoxy) is 1. The first-order valence-corrected chi connectivity index (χ1v) is 12.5. The molecule has 3 heterocycles. The van der Waals surface area contributed by atoms with Crippen LogP contribution >= 0.6 is 0 Å². The van der Waals surface area contributed by atoms with Crippen LogP contribution in [0.15, 0.2) is 73.1 Å². The molecule has 36 heavy (non-hydrogen) atoms. The number of nitrogens with zero attached hydrogens (tertiary/aromatic N) is 3. The van der Waals surface area contributed by atoms with Gasteiger partial charge in [-0.1, -0.05) is 24.0 Å². The summed E-state index contributed by atoms with van der Waals surface area (Å²) in [6.45, 7) is 2.47. The summed E-state index contributed by atoms with van der Waals surface area (Å²) in [5.74, 6) is 7.47. The van der Waals surface area contributed by atoms with Crippen molar-refractivity contribution in [1.82, 2.24) is 14.8 Å². The van der Waals surface area contributed by atoms with Crippen LogP contribution in [0.1, 0.15) is 45.8 Å². The van der Waals surface area contributed by atoms with Gasteiger partial charge >= 0.3 is 0 Å². The zero-order valence-electron chi connectivity index (χ0n) is 20.5. The van der Waals surface area contributed by atoms with Crippen molar-refractivity contribution in [2.75, 3.05) is 33.4 Å². The molecule has 1 N–H and O–H groups in total. The van der Waals surface area contributed by atoms with Gasteiger partial charge in [0, 0.05) is 60.2 Å². The number of methoxy groups -OCH3 is 1. The monoisotopic (exact) mass is 481 g/mol. The number of aliphatic hydroxyl groups is 1. The molecule has 0 radical (unpaired) electrons. The molecule has 3 atom stereocenters. The van der Waals surface area contributed by atoms with Crippen molar-refractivity contribution < 1.29 is 14.6 Å². The molecular formula is C30H31N3O3. The second kappa shape index (κ2) is 10.9. The molecule has 5 rings (SSSR count). The molecule has 0 bridgehead atoms. The van der Waals surface area contributed by atoms with Gasteiger partial charge in [-0.05, 0) is 73.5 Å². The minimum atomic E-state index is 0.0506. The third kappa shape index (κ3) is 4.99. The maximum Gasteiger partial charge on any atom is 0.254 e. The van der Waals surface area contributed by atoms with E-state index in [2.05, 4.69) is 33.9 Å². The Bertz CT molecular complexity index is 1230. The summed E-state index contributed by atoms with van der Waals surface area (Å²) in [7, 11) is 1.65. The lowest BCUT2D eigenvalue weighted by Crippen LogP contribution is -2.67. The van der Waals surface area contributed by atoms with Crippen LogP contribution in [0.25, 0.3) is 0 Å². The molecule has 2 aromatic carbocycles. The Morgan fingerprint density at radius 1 is 0.972 bits per heavy atom. The highest BCUT2D eigenvalue weighted by atomic mass is 16.5. The smallest absolute Gasteiger partial charge is 0.254 e. The maximum absolute atomic E-state index is 13.2. The Morgan fingerprint density at radius 2 is 1.61 bits per heavy atom. The first-order chi connectivity index (χ1) is 17.7. The topological polar surface area (TPSA) is 65.9 Å². The SMILES string of the molecule is COc1ccc(C#Cc2ccc([C@@H]3[C@H](CO)N4CCCCN(C(=O)c5ccncc5)C[C@@H]34)cc2)cc1. The molecule has 1 amide bonds. The minimum Gasteiger partial charge on any atom is -0.497 e. The third-order valence-corrected chi connectivity index (χ3v) is 7.32. The molecule has 1 aromatic heterocycles. The summed E-state index contributed by atoms with van der Waals surface area (Å²) in [5, 5.41) is 10.2. The molecule has 2 aliphatic heterocycles. The first-order valence-electron chi connectivity index (χ1n) is 12.5. The fourth-order valence-electron chi connectivity index (χ4n) is 5.41. The summed E-state index contributed by atoms with van der Waals surface area (Å²) >= 11 is 0. The molecule has 2 aliphatic rings. The summed E-state index contributed by atoms with van der Waals surface area (Å²) in [6, 6.07) is 19.9. The molecule has 0 saturated carbocycles. The fraction of sp³-hybridized carbons (Fsp3) is 0.333. The van der Waals surface area contributed by atoms with E-state index in [4.69, 9.17) is 4.74 Å². The predicted octanol–water partition coefficient (Wildman–Crippen LogP) is 3.55. The molecule has 0 unspecified atom stereocenters. The number of amides is 1. The van der Waals surface area contributed by atoms with Gasteiger partial charge in [0.1, 0.15) is 5.75 Å². The van der Waals surface area contributed by atoms with E-state index in [9.17, 15) is 9.90 Å². The number of pyridine rings is 1. The van der Waals surface area contributed by atoms with E-state index < -0.39 is 0 Å². The van der Waals surface area contributed by atoms with Crippen LogP contribution in [0.2, 0.25) is 0 Å². The van der Waals surface area contributed by atoms with E-state index in [0.29, 0.717) is 12.1 Å². The van der Waals surface area contributed by atoms with Crippen molar-refractivity contribution in [3.05, 3.63) is 95.3 Å². The zero-order valence-corrected chi connectivity index (χ0v) is 20.5. The van der Waals surface area contributed by atoms with Gasteiger partial charge in [0.05, 0.1) is 13.7 Å². The quantitative estimate of drug-likeness (QED) is 0.578. The number of aliphatic hydroxyl groups excluding tert-OH is 1. The van der Waals surface area contributed by atoms with Gasteiger partial charge in [0.15, 0.2) is 0 Å². The molecule has 0 aliphatic carbocycles. The van der Waals surface area contributed by atoms with Crippen molar-refractivity contribution >= 4 is 5.91 Å². The number of carbonyl (C=O) groups excluding carboxylic acids is 1. The Kier molecular flexibility index (Phi) is 7.31. The van der Waals surface area contributed by atoms with Gasteiger partial charge in [-0.3, -0.25) is 14.7 Å². The van der Waals surface area contributed by atoms with Gasteiger partial charge in [0.2, 0.25) is 0 Å². The van der Waals surface area contributed by atoms with Crippen LogP contribution < -0.4 is 4.74 Å². The zero-order chi connectivity index (χ0) is 24.9. The summed E-state index contributed by atoms with van der Waals surface area (Å²) in [5.41, 5.74) is 3.73. The maximum atomic E-state index is 13.2. The van der Waals surface area contributed by atoms with Gasteiger partial charge in [0.25, 0.3) is 5.91 Å². The van der Waals surface area contributed by atoms with Crippen LogP contribution in [0, 0.1) is 11.8 Å². The lowest BCUT2D eigenvalue weighted by Gasteiger charge is -2.57. The van der Waals surface area contributed by atoms with Crippen molar-refractivity contribution in [3.8, 4) is 17.6 Å². The van der Waals surface area contributed by atoms with E-state index in [0.717, 1.165) is 42.8 Å². The van der Waals surface area contributed by atoms with Crippen LogP contribution in [-0.4, -0.2) is 71.2 Å². The number of benzene rings is 2. The van der Waals surface area contributed by atoms with E-state index >= 15 is 0 Å². The van der Waals surface area contributed by atoms with E-state index in [1.807, 2.05) is 41.3 Å². The van der Waals surface area contributed by atoms with E-state index in [1.54, 1.807) is 31.6 Å². The predicted molar refractivity (Wildman–Crippen MR) is 139 cm³/mol. The molecule has 6 nitrogen and oxygen atoms in total. The highest BCUT2D eigenvalue weighted by Gasteiger charge is 2.49. The van der Waals surface area contributed by atoms with Crippen LogP contribution in [0.3, 0.4) is 0 Å². The highest BCUT2D eigenvalue weighted by Crippen LogP contribution is 2.42. The third-order valence-electron chi connectivity index (χ3n) is 7.32. The van der Waals surface area contributed by atoms with Crippen LogP contribution in [0.5, 0.6) is 5.75 Å². The van der Waals surface area contributed by atoms with Gasteiger partial charge in [-0.15, -0.1) is 0 Å². The number of rotatable bonds is 4. The lowest BCUT2D eigenvalue weighted by atomic mass is 9.74. The van der Waals surface area contributed by atoms with Gasteiger partial charge in [-0.2, -0.15) is 0 Å². The molecule has 0 spiro atoms. The second-order valence-corrected chi connectivity index (χ2v) is 9.38. The fourth-order valence-corrected chi connectivity index (χ4v) is 5.41. The molecule has 2 saturated heterocycles. The summed E-state index contributed by atoms with van der Waals surface area (Å²) in [4.78, 5) is 21.6. The average Bonchev–Trinajstić information content (AvgIpc) is 2.92. The largest absolute Gasteiger partial charge is 0.497 e. The highest BCUT2D eigenvalue weighted by molar-refractivity contribution is 5.94. The molecular weight excluding hydrogens is 450 g/mol. The van der Waals surface area contributed by atoms with Crippen LogP contribution in [-0.2, 0) is 0 Å². The molecule has 184 valence electrons. The number of aromatic nitrogens is 1. The molecule has 2 fully saturated rings. The number of hydrogen-bond acceptors (Lipinski definition) is 5. The number of fused-ring (bicyclic) bond motifs is 1. The van der Waals surface area contributed by atoms with Crippen molar-refractivity contribution in [3.63, 3.8) is 0 Å². The van der Waals surface area contributed by atoms with Crippen LogP contribution in [0.4, 0.5) is 0 Å². The normalized spacial score (nSPS) is 21.7. The number of carbonyl (C=O) groups is 1. The lowest BCUT2D eigenvalue weighted by molar-refractivity contribution is -0.0606. The van der Waals surface area contributed by atoms with E-state index in [1.165, 1.54) is 5.56 Å². The average molecular weight is 482 g/mol. The van der Waals surface area contributed by atoms with E-state index in [-0.39, 0.29) is 30.5 Å². The second-order valence-electron chi connectivity index (χ2n) is 9.38. The van der Waals surface area contributed by atoms with Gasteiger partial charge in [-0.25, -0.2) is 0 Å². The summed E-state index contributed by atoms with van der Waals surface area (Å²) in [6.07, 6.45) is 5.30.